The molecule has 2 N–H and O–H groups in total. The monoisotopic (exact) mass is 562 g/mol. The molecule has 0 aromatic heterocycles. The highest BCUT2D eigenvalue weighted by molar-refractivity contribution is 6.21. The van der Waals surface area contributed by atoms with Crippen molar-refractivity contribution in [2.24, 2.45) is 26.8 Å². The summed E-state index contributed by atoms with van der Waals surface area (Å²) in [5.41, 5.74) is 14.3. The molecule has 1 fully saturated rings. The topological polar surface area (TPSA) is 95.6 Å². The molecule has 0 radical (unpaired) electrons. The van der Waals surface area contributed by atoms with E-state index in [2.05, 4.69) is 57.8 Å². The van der Waals surface area contributed by atoms with E-state index in [9.17, 15) is 9.90 Å². The van der Waals surface area contributed by atoms with E-state index in [1.54, 1.807) is 0 Å². The van der Waals surface area contributed by atoms with Crippen molar-refractivity contribution in [2.45, 2.75) is 67.2 Å². The van der Waals surface area contributed by atoms with Gasteiger partial charge in [-0.25, -0.2) is 15.0 Å². The van der Waals surface area contributed by atoms with Gasteiger partial charge in [0.1, 0.15) is 5.76 Å². The van der Waals surface area contributed by atoms with Gasteiger partial charge in [0.05, 0.1) is 40.8 Å². The highest BCUT2D eigenvalue weighted by Gasteiger charge is 2.41. The van der Waals surface area contributed by atoms with Crippen molar-refractivity contribution in [3.63, 3.8) is 0 Å². The second-order valence-corrected chi connectivity index (χ2v) is 11.6. The van der Waals surface area contributed by atoms with Crippen molar-refractivity contribution in [1.82, 2.24) is 5.32 Å². The number of hydrogen-bond acceptors (Lipinski definition) is 7. The molecule has 5 aliphatic heterocycles. The number of carbonyl (C=O) groups is 1. The number of aliphatic imine (C=N–C) groups is 3. The minimum absolute atomic E-state index is 0.0305. The number of carbonyl (C=O) groups excluding carboxylic acids is 1. The maximum absolute atomic E-state index is 12.4. The lowest BCUT2D eigenvalue weighted by molar-refractivity contribution is -0.143. The van der Waals surface area contributed by atoms with Crippen LogP contribution in [0.15, 0.2) is 119 Å². The summed E-state index contributed by atoms with van der Waals surface area (Å²) < 4.78 is 5.26. The number of fused-ring (bicyclic) bond motifs is 5. The van der Waals surface area contributed by atoms with Crippen LogP contribution in [0.3, 0.4) is 0 Å². The molecule has 0 saturated carbocycles. The van der Waals surface area contributed by atoms with Crippen LogP contribution in [0.2, 0.25) is 0 Å². The summed E-state index contributed by atoms with van der Waals surface area (Å²) in [6.45, 7) is 16.8. The fourth-order valence-corrected chi connectivity index (χ4v) is 6.89. The quantitative estimate of drug-likeness (QED) is 0.335. The summed E-state index contributed by atoms with van der Waals surface area (Å²) in [7, 11) is 0. The Bertz CT molecular complexity index is 1690. The molecule has 1 aliphatic carbocycles. The van der Waals surface area contributed by atoms with Crippen LogP contribution < -0.4 is 5.32 Å². The number of hydrogen-bond donors (Lipinski definition) is 2. The summed E-state index contributed by atoms with van der Waals surface area (Å²) >= 11 is 0. The van der Waals surface area contributed by atoms with Crippen molar-refractivity contribution in [1.29, 1.82) is 0 Å². The van der Waals surface area contributed by atoms with Gasteiger partial charge in [-0.05, 0) is 81.1 Å². The van der Waals surface area contributed by atoms with E-state index < -0.39 is 0 Å². The molecule has 0 unspecified atom stereocenters. The average Bonchev–Trinajstić information content (AvgIpc) is 3.70. The van der Waals surface area contributed by atoms with Crippen LogP contribution in [-0.2, 0) is 9.53 Å². The number of nitrogens with zero attached hydrogens (tertiary/aromatic N) is 3. The predicted octanol–water partition coefficient (Wildman–Crippen LogP) is 7.19. The van der Waals surface area contributed by atoms with Gasteiger partial charge in [-0.1, -0.05) is 26.5 Å². The zero-order valence-electron chi connectivity index (χ0n) is 25.3. The summed E-state index contributed by atoms with van der Waals surface area (Å²) in [6.07, 6.45) is 10.3. The third-order valence-electron chi connectivity index (χ3n) is 9.27. The van der Waals surface area contributed by atoms with Crippen molar-refractivity contribution in [2.75, 3.05) is 6.61 Å². The first kappa shape index (κ1) is 27.9. The molecule has 7 nitrogen and oxygen atoms in total. The van der Waals surface area contributed by atoms with Crippen LogP contribution in [-0.4, -0.2) is 34.8 Å². The maximum atomic E-state index is 12.4. The smallest absolute Gasteiger partial charge is 0.305 e. The van der Waals surface area contributed by atoms with E-state index >= 15 is 0 Å². The van der Waals surface area contributed by atoms with E-state index in [1.165, 1.54) is 5.57 Å². The molecule has 6 aliphatic rings. The summed E-state index contributed by atoms with van der Waals surface area (Å²) in [6, 6.07) is 0. The molecular formula is C35H38N4O3. The molecule has 42 heavy (non-hydrogen) atoms. The van der Waals surface area contributed by atoms with Gasteiger partial charge in [-0.15, -0.1) is 0 Å². The number of nitrogens with one attached hydrogen (secondary N) is 1. The molecular weight excluding hydrogens is 524 g/mol. The number of allylic oxidation sites excluding steroid dienone is 12. The Morgan fingerprint density at radius 1 is 1.07 bits per heavy atom. The molecule has 1 saturated heterocycles. The zero-order valence-corrected chi connectivity index (χ0v) is 25.3. The van der Waals surface area contributed by atoms with E-state index in [1.807, 2.05) is 19.9 Å². The molecule has 0 spiro atoms. The average molecular weight is 563 g/mol. The van der Waals surface area contributed by atoms with E-state index in [0.717, 1.165) is 85.5 Å². The minimum atomic E-state index is -0.196. The highest BCUT2D eigenvalue weighted by atomic mass is 16.5. The van der Waals surface area contributed by atoms with Crippen LogP contribution >= 0.6 is 0 Å². The largest absolute Gasteiger partial charge is 0.511 e. The van der Waals surface area contributed by atoms with Gasteiger partial charge in [0.2, 0.25) is 0 Å². The minimum Gasteiger partial charge on any atom is -0.511 e. The van der Waals surface area contributed by atoms with Gasteiger partial charge in [0, 0.05) is 52.8 Å². The highest BCUT2D eigenvalue weighted by Crippen LogP contribution is 2.46. The lowest BCUT2D eigenvalue weighted by atomic mass is 9.86. The Kier molecular flexibility index (Phi) is 7.00. The summed E-state index contributed by atoms with van der Waals surface area (Å²) in [5, 5.41) is 14.9. The summed E-state index contributed by atoms with van der Waals surface area (Å²) in [5.74, 6) is 0.260. The molecule has 7 heteroatoms. The fourth-order valence-electron chi connectivity index (χ4n) is 6.89. The molecule has 6 rings (SSSR count). The molecule has 5 heterocycles. The number of rotatable bonds is 6. The van der Waals surface area contributed by atoms with Crippen molar-refractivity contribution < 1.29 is 14.6 Å². The second-order valence-electron chi connectivity index (χ2n) is 11.6. The SMILES string of the molecule is C=CC1=C(C)C2=NC1=CC1=NC(=CC3=C(C)C4=C(O)CC(=C5NC(=C2)[C@@H](C)[C@@H]5CCC(=O)OCC)C4=N3)C(CC)=C1C. The van der Waals surface area contributed by atoms with Crippen LogP contribution in [0.4, 0.5) is 0 Å². The third-order valence-corrected chi connectivity index (χ3v) is 9.27. The Hall–Kier alpha value is -4.26. The lowest BCUT2D eigenvalue weighted by Crippen LogP contribution is -2.16. The van der Waals surface area contributed by atoms with E-state index in [0.29, 0.717) is 31.6 Å². The van der Waals surface area contributed by atoms with Gasteiger partial charge in [-0.2, -0.15) is 0 Å². The maximum Gasteiger partial charge on any atom is 0.305 e. The molecule has 8 bridgehead atoms. The lowest BCUT2D eigenvalue weighted by Gasteiger charge is -2.17. The number of aliphatic hydroxyl groups excluding tert-OH is 1. The van der Waals surface area contributed by atoms with Crippen molar-refractivity contribution in [3.05, 3.63) is 104 Å². The first-order valence-electron chi connectivity index (χ1n) is 14.9. The molecule has 0 amide bonds. The van der Waals surface area contributed by atoms with Crippen LogP contribution in [0.1, 0.15) is 67.2 Å². The first-order chi connectivity index (χ1) is 20.2. The van der Waals surface area contributed by atoms with Crippen LogP contribution in [0.25, 0.3) is 0 Å². The van der Waals surface area contributed by atoms with Gasteiger partial charge in [0.25, 0.3) is 0 Å². The molecule has 0 aromatic carbocycles. The zero-order chi connectivity index (χ0) is 29.9. The van der Waals surface area contributed by atoms with Crippen molar-refractivity contribution >= 4 is 23.1 Å². The Morgan fingerprint density at radius 3 is 2.52 bits per heavy atom. The van der Waals surface area contributed by atoms with Crippen LogP contribution in [0, 0.1) is 11.8 Å². The first-order valence-corrected chi connectivity index (χ1v) is 14.9. The van der Waals surface area contributed by atoms with Crippen LogP contribution in [0.5, 0.6) is 0 Å². The predicted molar refractivity (Wildman–Crippen MR) is 168 cm³/mol. The Labute approximate surface area is 247 Å². The van der Waals surface area contributed by atoms with Gasteiger partial charge >= 0.3 is 5.97 Å². The van der Waals surface area contributed by atoms with Crippen molar-refractivity contribution in [3.8, 4) is 0 Å². The molecule has 216 valence electrons. The second kappa shape index (κ2) is 10.5. The Morgan fingerprint density at radius 2 is 1.81 bits per heavy atom. The number of esters is 1. The molecule has 2 atom stereocenters. The number of aliphatic hydroxyl groups is 1. The standard InChI is InChI=1S/C35H38N4O3/c1-8-21-17(4)25-14-27-19(6)23(11-12-32(41)42-10-3)34(38-27)24-13-31(40)33-20(7)28(39-35(24)33)16-30-22(9-2)18(5)26(37-30)15-29(21)36-25/h8,14-16,19,23,38,40H,1,9-13H2,2-7H3/t19-,23-/m0/s1. The normalized spacial score (nSPS) is 24.6. The third kappa shape index (κ3) is 4.34. The van der Waals surface area contributed by atoms with Gasteiger partial charge in [0.15, 0.2) is 0 Å². The van der Waals surface area contributed by atoms with E-state index in [-0.39, 0.29) is 17.8 Å². The Balaban J connectivity index is 1.57. The number of ether oxygens (including phenoxy) is 1. The van der Waals surface area contributed by atoms with Gasteiger partial charge < -0.3 is 15.2 Å². The van der Waals surface area contributed by atoms with Gasteiger partial charge in [-0.3, -0.25) is 4.79 Å². The molecule has 0 aromatic rings. The summed E-state index contributed by atoms with van der Waals surface area (Å²) in [4.78, 5) is 27.6. The fraction of sp³-hybridized carbons (Fsp3) is 0.371. The van der Waals surface area contributed by atoms with E-state index in [4.69, 9.17) is 19.7 Å².